The van der Waals surface area contributed by atoms with Crippen LogP contribution in [0.5, 0.6) is 0 Å². The highest BCUT2D eigenvalue weighted by Gasteiger charge is 2.48. The fourth-order valence-electron chi connectivity index (χ4n) is 2.31. The van der Waals surface area contributed by atoms with E-state index in [2.05, 4.69) is 0 Å². The molecule has 1 heterocycles. The second-order valence-corrected chi connectivity index (χ2v) is 8.40. The number of likely N-dealkylation sites (tertiary alicyclic amines) is 1. The summed E-state index contributed by atoms with van der Waals surface area (Å²) in [5.74, 6) is 0. The summed E-state index contributed by atoms with van der Waals surface area (Å²) in [5.41, 5.74) is -1.96. The number of nitrogens with zero attached hydrogens (tertiary/aromatic N) is 1. The van der Waals surface area contributed by atoms with Crippen LogP contribution in [0.15, 0.2) is 29.2 Å². The SMILES string of the molecule is CC(C)(C)OC(=O)N1C[C@H](Sc2ccc(Cl)cc2)[C@@](O)(CO)C1. The Bertz CT molecular complexity index is 560. The minimum absolute atomic E-state index is 0.0453. The molecule has 1 fully saturated rings. The third-order valence-electron chi connectivity index (χ3n) is 3.47. The number of hydrogen-bond donors (Lipinski definition) is 2. The van der Waals surface area contributed by atoms with Crippen LogP contribution in [-0.4, -0.2) is 57.4 Å². The molecule has 0 spiro atoms. The number of carbonyl (C=O) groups is 1. The summed E-state index contributed by atoms with van der Waals surface area (Å²) in [5, 5.41) is 20.5. The number of thioether (sulfide) groups is 1. The molecule has 23 heavy (non-hydrogen) atoms. The fraction of sp³-hybridized carbons (Fsp3) is 0.562. The lowest BCUT2D eigenvalue weighted by atomic mass is 10.1. The molecule has 1 amide bonds. The number of carbonyl (C=O) groups excluding carboxylic acids is 1. The number of β-amino-alcohol motifs (C(OH)–C–C–N with tert-alkyl or cyclic N) is 1. The number of rotatable bonds is 3. The van der Waals surface area contributed by atoms with Crippen LogP contribution in [0, 0.1) is 0 Å². The van der Waals surface area contributed by atoms with Crippen LogP contribution < -0.4 is 0 Å². The van der Waals surface area contributed by atoms with Gasteiger partial charge in [-0.3, -0.25) is 0 Å². The largest absolute Gasteiger partial charge is 0.444 e. The zero-order valence-electron chi connectivity index (χ0n) is 13.5. The molecule has 0 aliphatic carbocycles. The Morgan fingerprint density at radius 2 is 2.04 bits per heavy atom. The molecule has 5 nitrogen and oxygen atoms in total. The van der Waals surface area contributed by atoms with Gasteiger partial charge >= 0.3 is 6.09 Å². The number of ether oxygens (including phenoxy) is 1. The van der Waals surface area contributed by atoms with Gasteiger partial charge in [0.1, 0.15) is 11.2 Å². The minimum Gasteiger partial charge on any atom is -0.444 e. The van der Waals surface area contributed by atoms with Crippen molar-refractivity contribution in [2.24, 2.45) is 0 Å². The highest BCUT2D eigenvalue weighted by Crippen LogP contribution is 2.37. The molecular weight excluding hydrogens is 338 g/mol. The van der Waals surface area contributed by atoms with E-state index in [1.54, 1.807) is 32.9 Å². The van der Waals surface area contributed by atoms with Gasteiger partial charge < -0.3 is 19.8 Å². The van der Waals surface area contributed by atoms with Gasteiger partial charge in [-0.25, -0.2) is 4.79 Å². The van der Waals surface area contributed by atoms with Crippen molar-refractivity contribution >= 4 is 29.5 Å². The van der Waals surface area contributed by atoms with Gasteiger partial charge in [-0.05, 0) is 45.0 Å². The van der Waals surface area contributed by atoms with Crippen molar-refractivity contribution in [3.8, 4) is 0 Å². The predicted octanol–water partition coefficient (Wildman–Crippen LogP) is 2.77. The topological polar surface area (TPSA) is 70.0 Å². The van der Waals surface area contributed by atoms with Crippen LogP contribution in [0.25, 0.3) is 0 Å². The van der Waals surface area contributed by atoms with E-state index < -0.39 is 23.9 Å². The molecule has 1 aromatic rings. The second-order valence-electron chi connectivity index (χ2n) is 6.68. The molecule has 1 saturated heterocycles. The smallest absolute Gasteiger partial charge is 0.410 e. The molecule has 1 aromatic carbocycles. The van der Waals surface area contributed by atoms with Gasteiger partial charge in [-0.15, -0.1) is 11.8 Å². The number of hydrogen-bond acceptors (Lipinski definition) is 5. The highest BCUT2D eigenvalue weighted by atomic mass is 35.5. The van der Waals surface area contributed by atoms with Crippen molar-refractivity contribution in [2.45, 2.75) is 42.1 Å². The zero-order chi connectivity index (χ0) is 17.3. The number of halogens is 1. The Balaban J connectivity index is 2.09. The molecule has 1 aliphatic heterocycles. The Morgan fingerprint density at radius 1 is 1.43 bits per heavy atom. The molecule has 1 aliphatic rings. The zero-order valence-corrected chi connectivity index (χ0v) is 15.0. The maximum absolute atomic E-state index is 12.2. The second kappa shape index (κ2) is 6.89. The van der Waals surface area contributed by atoms with Crippen molar-refractivity contribution in [1.29, 1.82) is 0 Å². The van der Waals surface area contributed by atoms with Crippen LogP contribution >= 0.6 is 23.4 Å². The van der Waals surface area contributed by atoms with E-state index in [0.29, 0.717) is 11.6 Å². The number of amides is 1. The Kier molecular flexibility index (Phi) is 5.51. The first-order chi connectivity index (χ1) is 10.6. The summed E-state index contributed by atoms with van der Waals surface area (Å²) < 4.78 is 5.34. The molecular formula is C16H22ClNO4S. The maximum atomic E-state index is 12.2. The first-order valence-corrected chi connectivity index (χ1v) is 8.62. The highest BCUT2D eigenvalue weighted by molar-refractivity contribution is 8.00. The normalized spacial score (nSPS) is 24.8. The predicted molar refractivity (Wildman–Crippen MR) is 90.9 cm³/mol. The van der Waals surface area contributed by atoms with Crippen LogP contribution in [0.1, 0.15) is 20.8 Å². The number of aliphatic hydroxyl groups excluding tert-OH is 1. The first kappa shape index (κ1) is 18.4. The van der Waals surface area contributed by atoms with Crippen molar-refractivity contribution in [3.05, 3.63) is 29.3 Å². The van der Waals surface area contributed by atoms with Gasteiger partial charge in [0, 0.05) is 16.5 Å². The minimum atomic E-state index is -1.36. The van der Waals surface area contributed by atoms with Gasteiger partial charge in [-0.2, -0.15) is 0 Å². The van der Waals surface area contributed by atoms with Crippen LogP contribution in [0.3, 0.4) is 0 Å². The van der Waals surface area contributed by atoms with E-state index in [4.69, 9.17) is 16.3 Å². The summed E-state index contributed by atoms with van der Waals surface area (Å²) in [4.78, 5) is 14.5. The monoisotopic (exact) mass is 359 g/mol. The van der Waals surface area contributed by atoms with Gasteiger partial charge in [0.25, 0.3) is 0 Å². The third-order valence-corrected chi connectivity index (χ3v) is 5.14. The van der Waals surface area contributed by atoms with Gasteiger partial charge in [0.15, 0.2) is 0 Å². The van der Waals surface area contributed by atoms with Gasteiger partial charge in [0.2, 0.25) is 0 Å². The van der Waals surface area contributed by atoms with Crippen molar-refractivity contribution < 1.29 is 19.7 Å². The molecule has 2 N–H and O–H groups in total. The van der Waals surface area contributed by atoms with E-state index in [1.165, 1.54) is 16.7 Å². The van der Waals surface area contributed by atoms with Crippen molar-refractivity contribution in [3.63, 3.8) is 0 Å². The molecule has 0 radical (unpaired) electrons. The number of aliphatic hydroxyl groups is 2. The van der Waals surface area contributed by atoms with Crippen LogP contribution in [0.2, 0.25) is 5.02 Å². The molecule has 0 unspecified atom stereocenters. The Morgan fingerprint density at radius 3 is 2.57 bits per heavy atom. The average Bonchev–Trinajstić information content (AvgIpc) is 2.78. The van der Waals surface area contributed by atoms with E-state index in [-0.39, 0.29) is 11.8 Å². The van der Waals surface area contributed by atoms with Gasteiger partial charge in [-0.1, -0.05) is 11.6 Å². The lowest BCUT2D eigenvalue weighted by Crippen LogP contribution is -2.44. The molecule has 7 heteroatoms. The summed E-state index contributed by atoms with van der Waals surface area (Å²) in [6, 6.07) is 7.23. The van der Waals surface area contributed by atoms with Crippen molar-refractivity contribution in [1.82, 2.24) is 4.90 Å². The van der Waals surface area contributed by atoms with Crippen LogP contribution in [-0.2, 0) is 4.74 Å². The third kappa shape index (κ3) is 4.76. The standard InChI is InChI=1S/C16H22ClNO4S/c1-15(2,3)22-14(20)18-8-13(16(21,9-18)10-19)23-12-6-4-11(17)5-7-12/h4-7,13,19,21H,8-10H2,1-3H3/t13-,16-/m0/s1. The summed E-state index contributed by atoms with van der Waals surface area (Å²) in [6.45, 7) is 5.30. The molecule has 0 saturated carbocycles. The summed E-state index contributed by atoms with van der Waals surface area (Å²) >= 11 is 7.28. The van der Waals surface area contributed by atoms with E-state index >= 15 is 0 Å². The molecule has 2 rings (SSSR count). The Labute approximate surface area is 145 Å². The lowest BCUT2D eigenvalue weighted by molar-refractivity contribution is -0.00976. The molecule has 2 atom stereocenters. The van der Waals surface area contributed by atoms with E-state index in [0.717, 1.165) is 4.90 Å². The first-order valence-electron chi connectivity index (χ1n) is 7.36. The van der Waals surface area contributed by atoms with E-state index in [9.17, 15) is 15.0 Å². The summed E-state index contributed by atoms with van der Waals surface area (Å²) in [6.07, 6.45) is -0.483. The Hall–Kier alpha value is -0.950. The summed E-state index contributed by atoms with van der Waals surface area (Å²) in [7, 11) is 0. The van der Waals surface area contributed by atoms with Crippen molar-refractivity contribution in [2.75, 3.05) is 19.7 Å². The molecule has 128 valence electrons. The average molecular weight is 360 g/mol. The maximum Gasteiger partial charge on any atom is 0.410 e. The van der Waals surface area contributed by atoms with E-state index in [1.807, 2.05) is 12.1 Å². The van der Waals surface area contributed by atoms with Gasteiger partial charge in [0.05, 0.1) is 18.4 Å². The molecule has 0 bridgehead atoms. The molecule has 0 aromatic heterocycles. The quantitative estimate of drug-likeness (QED) is 0.868. The lowest BCUT2D eigenvalue weighted by Gasteiger charge is -2.26. The fourth-order valence-corrected chi connectivity index (χ4v) is 3.68. The number of benzene rings is 1. The van der Waals surface area contributed by atoms with Crippen LogP contribution in [0.4, 0.5) is 4.79 Å².